The highest BCUT2D eigenvalue weighted by Crippen LogP contribution is 2.40. The molecule has 1 unspecified atom stereocenters. The Balaban J connectivity index is 1.83. The number of rotatable bonds is 5. The van der Waals surface area contributed by atoms with Gasteiger partial charge in [-0.3, -0.25) is 9.69 Å². The second-order valence-electron chi connectivity index (χ2n) is 6.95. The van der Waals surface area contributed by atoms with Gasteiger partial charge in [-0.2, -0.15) is 0 Å². The van der Waals surface area contributed by atoms with Crippen LogP contribution in [0.15, 0.2) is 83.9 Å². The lowest BCUT2D eigenvalue weighted by molar-refractivity contribution is -0.129. The quantitative estimate of drug-likeness (QED) is 0.727. The van der Waals surface area contributed by atoms with Crippen LogP contribution in [0, 0.1) is 0 Å². The molecule has 1 amide bonds. The molecule has 0 bridgehead atoms. The summed E-state index contributed by atoms with van der Waals surface area (Å²) in [4.78, 5) is 19.4. The summed E-state index contributed by atoms with van der Waals surface area (Å²) in [6.45, 7) is 2.59. The minimum Gasteiger partial charge on any atom is -0.494 e. The van der Waals surface area contributed by atoms with Crippen molar-refractivity contribution < 1.29 is 9.53 Å². The monoisotopic (exact) mass is 385 g/mol. The molecule has 0 fully saturated rings. The van der Waals surface area contributed by atoms with Gasteiger partial charge in [-0.15, -0.1) is 0 Å². The van der Waals surface area contributed by atoms with E-state index in [4.69, 9.17) is 10.5 Å². The number of carbonyl (C=O) groups is 1. The fraction of sp³-hybridized carbons (Fsp3) is 0.167. The number of nitrogens with two attached hydrogens (primary N) is 1. The Morgan fingerprint density at radius 1 is 0.931 bits per heavy atom. The van der Waals surface area contributed by atoms with Gasteiger partial charge in [0.1, 0.15) is 5.75 Å². The van der Waals surface area contributed by atoms with Crippen molar-refractivity contribution in [2.24, 2.45) is 10.7 Å². The van der Waals surface area contributed by atoms with Crippen molar-refractivity contribution >= 4 is 11.9 Å². The lowest BCUT2D eigenvalue weighted by Gasteiger charge is -2.26. The van der Waals surface area contributed by atoms with Crippen LogP contribution in [0.5, 0.6) is 5.75 Å². The maximum Gasteiger partial charge on any atom is 0.266 e. The van der Waals surface area contributed by atoms with Crippen LogP contribution in [-0.2, 0) is 10.3 Å². The van der Waals surface area contributed by atoms with E-state index >= 15 is 0 Å². The number of ether oxygens (including phenoxy) is 1. The van der Waals surface area contributed by atoms with Crippen LogP contribution in [0.2, 0.25) is 0 Å². The van der Waals surface area contributed by atoms with E-state index in [1.165, 1.54) is 4.90 Å². The highest BCUT2D eigenvalue weighted by atomic mass is 16.5. The molecule has 0 saturated heterocycles. The average Bonchev–Trinajstić information content (AvgIpc) is 3.00. The molecule has 0 aliphatic carbocycles. The maximum atomic E-state index is 13.3. The van der Waals surface area contributed by atoms with Crippen LogP contribution in [0.3, 0.4) is 0 Å². The first-order valence-electron chi connectivity index (χ1n) is 9.59. The van der Waals surface area contributed by atoms with Gasteiger partial charge in [0.2, 0.25) is 0 Å². The average molecular weight is 385 g/mol. The molecular weight excluding hydrogens is 362 g/mol. The normalized spacial score (nSPS) is 18.6. The molecule has 29 heavy (non-hydrogen) atoms. The summed E-state index contributed by atoms with van der Waals surface area (Å²) >= 11 is 0. The van der Waals surface area contributed by atoms with Crippen LogP contribution in [0.4, 0.5) is 0 Å². The van der Waals surface area contributed by atoms with Gasteiger partial charge >= 0.3 is 0 Å². The smallest absolute Gasteiger partial charge is 0.266 e. The molecule has 5 heteroatoms. The molecule has 1 aliphatic rings. The largest absolute Gasteiger partial charge is 0.494 e. The SMILES string of the molecule is CCOc1ccc(-c2cccc(C3(c4ccccc4)N=C(N)N(C)C3=O)c2)cc1. The minimum atomic E-state index is -1.18. The standard InChI is InChI=1S/C24H23N3O2/c1-3-29-21-14-12-17(13-15-21)18-8-7-11-20(16-18)24(19-9-5-4-6-10-19)22(28)27(2)23(25)26-24/h4-16H,3H2,1-2H3,(H2,25,26). The zero-order valence-electron chi connectivity index (χ0n) is 16.5. The Morgan fingerprint density at radius 3 is 2.24 bits per heavy atom. The number of hydrogen-bond acceptors (Lipinski definition) is 4. The van der Waals surface area contributed by atoms with Gasteiger partial charge in [-0.25, -0.2) is 4.99 Å². The van der Waals surface area contributed by atoms with E-state index in [0.29, 0.717) is 6.61 Å². The number of carbonyl (C=O) groups excluding carboxylic acids is 1. The van der Waals surface area contributed by atoms with Crippen molar-refractivity contribution in [1.29, 1.82) is 0 Å². The minimum absolute atomic E-state index is 0.162. The van der Waals surface area contributed by atoms with Gasteiger partial charge in [-0.1, -0.05) is 60.7 Å². The van der Waals surface area contributed by atoms with Crippen LogP contribution in [0.25, 0.3) is 11.1 Å². The molecular formula is C24H23N3O2. The Bertz CT molecular complexity index is 1060. The predicted molar refractivity (Wildman–Crippen MR) is 115 cm³/mol. The first-order chi connectivity index (χ1) is 14.1. The van der Waals surface area contributed by atoms with Gasteiger partial charge in [-0.05, 0) is 47.4 Å². The highest BCUT2D eigenvalue weighted by Gasteiger charge is 2.49. The van der Waals surface area contributed by atoms with E-state index in [0.717, 1.165) is 28.0 Å². The third kappa shape index (κ3) is 3.14. The summed E-state index contributed by atoms with van der Waals surface area (Å²) in [5.74, 6) is 0.883. The summed E-state index contributed by atoms with van der Waals surface area (Å²) in [6, 6.07) is 25.4. The highest BCUT2D eigenvalue weighted by molar-refractivity contribution is 6.09. The number of benzene rings is 3. The Hall–Kier alpha value is -3.60. The molecule has 1 aliphatic heterocycles. The topological polar surface area (TPSA) is 67.9 Å². The number of guanidine groups is 1. The van der Waals surface area contributed by atoms with Crippen molar-refractivity contribution in [3.05, 3.63) is 90.0 Å². The Labute approximate surface area is 170 Å². The van der Waals surface area contributed by atoms with E-state index in [1.807, 2.05) is 85.8 Å². The molecule has 3 aromatic rings. The van der Waals surface area contributed by atoms with Crippen molar-refractivity contribution in [3.63, 3.8) is 0 Å². The van der Waals surface area contributed by atoms with E-state index in [1.54, 1.807) is 7.05 Å². The number of hydrogen-bond donors (Lipinski definition) is 1. The van der Waals surface area contributed by atoms with Crippen molar-refractivity contribution in [2.75, 3.05) is 13.7 Å². The first-order valence-corrected chi connectivity index (χ1v) is 9.59. The zero-order chi connectivity index (χ0) is 20.4. The van der Waals surface area contributed by atoms with Gasteiger partial charge in [0.05, 0.1) is 6.61 Å². The number of amides is 1. The third-order valence-electron chi connectivity index (χ3n) is 5.21. The van der Waals surface area contributed by atoms with Gasteiger partial charge in [0.25, 0.3) is 5.91 Å². The fourth-order valence-corrected chi connectivity index (χ4v) is 3.70. The second kappa shape index (κ2) is 7.43. The molecule has 0 aromatic heterocycles. The van der Waals surface area contributed by atoms with Gasteiger partial charge < -0.3 is 10.5 Å². The van der Waals surface area contributed by atoms with Crippen LogP contribution in [-0.4, -0.2) is 30.4 Å². The molecule has 3 aromatic carbocycles. The maximum absolute atomic E-state index is 13.3. The molecule has 146 valence electrons. The summed E-state index contributed by atoms with van der Waals surface area (Å²) < 4.78 is 5.53. The van der Waals surface area contributed by atoms with Crippen molar-refractivity contribution in [2.45, 2.75) is 12.5 Å². The lowest BCUT2D eigenvalue weighted by atomic mass is 9.82. The Morgan fingerprint density at radius 2 is 1.62 bits per heavy atom. The van der Waals surface area contributed by atoms with E-state index in [2.05, 4.69) is 4.99 Å². The lowest BCUT2D eigenvalue weighted by Crippen LogP contribution is -2.41. The molecule has 4 rings (SSSR count). The number of nitrogens with zero attached hydrogens (tertiary/aromatic N) is 2. The van der Waals surface area contributed by atoms with Crippen molar-refractivity contribution in [3.8, 4) is 16.9 Å². The Kier molecular flexibility index (Phi) is 4.80. The predicted octanol–water partition coefficient (Wildman–Crippen LogP) is 3.78. The van der Waals surface area contributed by atoms with Crippen LogP contribution < -0.4 is 10.5 Å². The summed E-state index contributed by atoms with van der Waals surface area (Å²) in [5, 5.41) is 0. The molecule has 0 spiro atoms. The van der Waals surface area contributed by atoms with Crippen LogP contribution >= 0.6 is 0 Å². The fourth-order valence-electron chi connectivity index (χ4n) is 3.70. The summed E-state index contributed by atoms with van der Waals surface area (Å²) in [6.07, 6.45) is 0. The van der Waals surface area contributed by atoms with Crippen molar-refractivity contribution in [1.82, 2.24) is 4.90 Å². The third-order valence-corrected chi connectivity index (χ3v) is 5.21. The van der Waals surface area contributed by atoms with Gasteiger partial charge in [0, 0.05) is 7.05 Å². The summed E-state index contributed by atoms with van der Waals surface area (Å²) in [7, 11) is 1.65. The molecule has 5 nitrogen and oxygen atoms in total. The molecule has 1 atom stereocenters. The second-order valence-corrected chi connectivity index (χ2v) is 6.95. The number of aliphatic imine (C=N–C) groups is 1. The molecule has 0 radical (unpaired) electrons. The molecule has 0 saturated carbocycles. The van der Waals surface area contributed by atoms with E-state index < -0.39 is 5.54 Å². The van der Waals surface area contributed by atoms with Gasteiger partial charge in [0.15, 0.2) is 11.5 Å². The zero-order valence-corrected chi connectivity index (χ0v) is 16.5. The molecule has 2 N–H and O–H groups in total. The molecule has 1 heterocycles. The first kappa shape index (κ1) is 18.7. The number of likely N-dealkylation sites (N-methyl/N-ethyl adjacent to an activating group) is 1. The van der Waals surface area contributed by atoms with Crippen LogP contribution in [0.1, 0.15) is 18.1 Å². The van der Waals surface area contributed by atoms with E-state index in [-0.39, 0.29) is 11.9 Å². The van der Waals surface area contributed by atoms with E-state index in [9.17, 15) is 4.79 Å². The summed E-state index contributed by atoms with van der Waals surface area (Å²) in [5.41, 5.74) is 8.49.